The molecule has 2 aliphatic rings. The Morgan fingerprint density at radius 2 is 2.00 bits per heavy atom. The van der Waals surface area contributed by atoms with E-state index in [-0.39, 0.29) is 13.2 Å². The number of rotatable bonds is 1. The van der Waals surface area contributed by atoms with Crippen LogP contribution in [0.2, 0.25) is 0 Å². The zero-order valence-electron chi connectivity index (χ0n) is 13.3. The molecule has 0 N–H and O–H groups in total. The third kappa shape index (κ3) is 3.42. The van der Waals surface area contributed by atoms with E-state index in [4.69, 9.17) is 14.2 Å². The second kappa shape index (κ2) is 6.02. The van der Waals surface area contributed by atoms with Gasteiger partial charge in [-0.3, -0.25) is 0 Å². The van der Waals surface area contributed by atoms with Gasteiger partial charge >= 0.3 is 18.3 Å². The lowest BCUT2D eigenvalue weighted by Crippen LogP contribution is -2.53. The van der Waals surface area contributed by atoms with Gasteiger partial charge in [0.15, 0.2) is 0 Å². The van der Waals surface area contributed by atoms with Crippen molar-refractivity contribution in [2.75, 3.05) is 19.7 Å². The molecule has 0 aromatic carbocycles. The number of amides is 3. The number of carbonyl (C=O) groups is 3. The van der Waals surface area contributed by atoms with Crippen LogP contribution in [0.5, 0.6) is 0 Å². The molecule has 3 amide bonds. The van der Waals surface area contributed by atoms with Crippen molar-refractivity contribution in [2.24, 2.45) is 0 Å². The smallest absolute Gasteiger partial charge is 0.420 e. The average Bonchev–Trinajstić information content (AvgIpc) is 2.71. The predicted molar refractivity (Wildman–Crippen MR) is 75.3 cm³/mol. The normalized spacial score (nSPS) is 24.6. The fourth-order valence-corrected chi connectivity index (χ4v) is 2.54. The Kier molecular flexibility index (Phi) is 4.48. The van der Waals surface area contributed by atoms with Crippen LogP contribution in [0.1, 0.15) is 34.1 Å². The van der Waals surface area contributed by atoms with E-state index in [0.29, 0.717) is 13.0 Å². The van der Waals surface area contributed by atoms with Crippen molar-refractivity contribution in [3.8, 4) is 0 Å². The Bertz CT molecular complexity index is 472. The molecule has 0 radical (unpaired) electrons. The highest BCUT2D eigenvalue weighted by atomic mass is 16.6. The average molecular weight is 314 g/mol. The van der Waals surface area contributed by atoms with Gasteiger partial charge in [0, 0.05) is 6.54 Å². The van der Waals surface area contributed by atoms with Gasteiger partial charge in [-0.15, -0.1) is 0 Å². The number of piperidine rings is 1. The molecule has 2 aliphatic heterocycles. The second-order valence-corrected chi connectivity index (χ2v) is 6.27. The molecule has 0 aromatic rings. The van der Waals surface area contributed by atoms with Crippen LogP contribution in [-0.2, 0) is 14.2 Å². The molecule has 2 fully saturated rings. The number of hydrogen-bond donors (Lipinski definition) is 0. The van der Waals surface area contributed by atoms with Crippen LogP contribution in [0.3, 0.4) is 0 Å². The lowest BCUT2D eigenvalue weighted by Gasteiger charge is -2.34. The van der Waals surface area contributed by atoms with Crippen LogP contribution in [0.25, 0.3) is 0 Å². The molecule has 0 bridgehead atoms. The van der Waals surface area contributed by atoms with E-state index >= 15 is 0 Å². The first-order valence-corrected chi connectivity index (χ1v) is 7.37. The zero-order chi connectivity index (χ0) is 16.5. The quantitative estimate of drug-likeness (QED) is 0.688. The molecule has 2 heterocycles. The number of hydrogen-bond acceptors (Lipinski definition) is 6. The molecule has 0 unspecified atom stereocenters. The lowest BCUT2D eigenvalue weighted by atomic mass is 10.0. The molecule has 124 valence electrons. The van der Waals surface area contributed by atoms with Gasteiger partial charge < -0.3 is 19.1 Å². The summed E-state index contributed by atoms with van der Waals surface area (Å²) in [5.74, 6) is 0. The highest BCUT2D eigenvalue weighted by molar-refractivity contribution is 5.90. The first-order valence-electron chi connectivity index (χ1n) is 7.37. The standard InChI is InChI=1S/C14H22N2O6/c1-5-20-11(17)15-7-6-9-10(8-15)21-12(18)16(9)13(19)22-14(2,3)4/h9-10H,5-8H2,1-4H3/t9-,10+/m0/s1. The van der Waals surface area contributed by atoms with E-state index in [1.807, 2.05) is 0 Å². The van der Waals surface area contributed by atoms with E-state index in [1.54, 1.807) is 27.7 Å². The molecule has 0 spiro atoms. The van der Waals surface area contributed by atoms with Gasteiger partial charge in [0.2, 0.25) is 0 Å². The Hall–Kier alpha value is -1.99. The summed E-state index contributed by atoms with van der Waals surface area (Å²) in [6, 6.07) is -0.409. The van der Waals surface area contributed by atoms with Crippen LogP contribution in [-0.4, -0.2) is 65.5 Å². The van der Waals surface area contributed by atoms with E-state index < -0.39 is 36.0 Å². The number of imide groups is 1. The third-order valence-electron chi connectivity index (χ3n) is 3.42. The molecule has 8 heteroatoms. The van der Waals surface area contributed by atoms with Crippen molar-refractivity contribution in [1.82, 2.24) is 9.80 Å². The summed E-state index contributed by atoms with van der Waals surface area (Å²) >= 11 is 0. The minimum Gasteiger partial charge on any atom is -0.450 e. The van der Waals surface area contributed by atoms with Crippen molar-refractivity contribution < 1.29 is 28.6 Å². The van der Waals surface area contributed by atoms with Gasteiger partial charge in [-0.25, -0.2) is 19.3 Å². The summed E-state index contributed by atoms with van der Waals surface area (Å²) in [7, 11) is 0. The fraction of sp³-hybridized carbons (Fsp3) is 0.786. The molecule has 0 aromatic heterocycles. The highest BCUT2D eigenvalue weighted by Crippen LogP contribution is 2.29. The van der Waals surface area contributed by atoms with Gasteiger partial charge in [0.25, 0.3) is 0 Å². The minimum atomic E-state index is -0.727. The second-order valence-electron chi connectivity index (χ2n) is 6.27. The van der Waals surface area contributed by atoms with Crippen LogP contribution >= 0.6 is 0 Å². The van der Waals surface area contributed by atoms with E-state index in [1.165, 1.54) is 4.90 Å². The zero-order valence-corrected chi connectivity index (χ0v) is 13.3. The molecular weight excluding hydrogens is 292 g/mol. The maximum Gasteiger partial charge on any atom is 0.420 e. The van der Waals surface area contributed by atoms with E-state index in [0.717, 1.165) is 4.90 Å². The van der Waals surface area contributed by atoms with Crippen LogP contribution < -0.4 is 0 Å². The van der Waals surface area contributed by atoms with Gasteiger partial charge in [-0.1, -0.05) is 0 Å². The molecular formula is C14H22N2O6. The van der Waals surface area contributed by atoms with E-state index in [2.05, 4.69) is 0 Å². The first-order chi connectivity index (χ1) is 10.2. The van der Waals surface area contributed by atoms with Crippen LogP contribution in [0.15, 0.2) is 0 Å². The van der Waals surface area contributed by atoms with Crippen molar-refractivity contribution in [3.05, 3.63) is 0 Å². The topological polar surface area (TPSA) is 85.4 Å². The first kappa shape index (κ1) is 16.4. The van der Waals surface area contributed by atoms with Gasteiger partial charge in [0.05, 0.1) is 19.2 Å². The molecule has 2 saturated heterocycles. The van der Waals surface area contributed by atoms with Crippen molar-refractivity contribution in [3.63, 3.8) is 0 Å². The van der Waals surface area contributed by atoms with Crippen molar-refractivity contribution >= 4 is 18.3 Å². The molecule has 0 saturated carbocycles. The molecule has 8 nitrogen and oxygen atoms in total. The lowest BCUT2D eigenvalue weighted by molar-refractivity contribution is 0.0222. The van der Waals surface area contributed by atoms with Crippen molar-refractivity contribution in [1.29, 1.82) is 0 Å². The maximum atomic E-state index is 12.1. The van der Waals surface area contributed by atoms with Crippen LogP contribution in [0.4, 0.5) is 14.4 Å². The van der Waals surface area contributed by atoms with Gasteiger partial charge in [-0.05, 0) is 34.1 Å². The monoisotopic (exact) mass is 314 g/mol. The fourth-order valence-electron chi connectivity index (χ4n) is 2.54. The molecule has 2 rings (SSSR count). The number of fused-ring (bicyclic) bond motifs is 1. The summed E-state index contributed by atoms with van der Waals surface area (Å²) < 4.78 is 15.4. The summed E-state index contributed by atoms with van der Waals surface area (Å²) in [4.78, 5) is 38.3. The third-order valence-corrected chi connectivity index (χ3v) is 3.42. The molecule has 0 aliphatic carbocycles. The number of carbonyl (C=O) groups excluding carboxylic acids is 3. The Morgan fingerprint density at radius 3 is 2.59 bits per heavy atom. The van der Waals surface area contributed by atoms with E-state index in [9.17, 15) is 14.4 Å². The molecule has 2 atom stereocenters. The highest BCUT2D eigenvalue weighted by Gasteiger charge is 2.50. The predicted octanol–water partition coefficient (Wildman–Crippen LogP) is 1.97. The maximum absolute atomic E-state index is 12.1. The summed E-state index contributed by atoms with van der Waals surface area (Å²) in [5, 5.41) is 0. The summed E-state index contributed by atoms with van der Waals surface area (Å²) in [6.07, 6.45) is -1.98. The Balaban J connectivity index is 2.03. The number of nitrogens with zero attached hydrogens (tertiary/aromatic N) is 2. The molecule has 22 heavy (non-hydrogen) atoms. The largest absolute Gasteiger partial charge is 0.450 e. The number of ether oxygens (including phenoxy) is 3. The summed E-state index contributed by atoms with van der Waals surface area (Å²) in [5.41, 5.74) is -0.693. The Morgan fingerprint density at radius 1 is 1.32 bits per heavy atom. The van der Waals surface area contributed by atoms with Gasteiger partial charge in [-0.2, -0.15) is 0 Å². The minimum absolute atomic E-state index is 0.217. The van der Waals surface area contributed by atoms with Crippen LogP contribution in [0, 0.1) is 0 Å². The SMILES string of the molecule is CCOC(=O)N1CC[C@H]2[C@@H](C1)OC(=O)N2C(=O)OC(C)(C)C. The van der Waals surface area contributed by atoms with Gasteiger partial charge in [0.1, 0.15) is 11.7 Å². The number of likely N-dealkylation sites (tertiary alicyclic amines) is 1. The Labute approximate surface area is 129 Å². The summed E-state index contributed by atoms with van der Waals surface area (Å²) in [6.45, 7) is 7.82. The van der Waals surface area contributed by atoms with Crippen molar-refractivity contribution in [2.45, 2.75) is 51.9 Å².